The topological polar surface area (TPSA) is 37.3 Å². The zero-order valence-corrected chi connectivity index (χ0v) is 18.5. The molecule has 0 radical (unpaired) electrons. The van der Waals surface area contributed by atoms with Crippen molar-refractivity contribution in [2.75, 3.05) is 18.4 Å². The zero-order valence-electron chi connectivity index (χ0n) is 18.5. The van der Waals surface area contributed by atoms with E-state index in [0.29, 0.717) is 16.6 Å². The number of nitrogens with one attached hydrogen (secondary N) is 1. The molecule has 0 atom stereocenters. The highest BCUT2D eigenvalue weighted by Crippen LogP contribution is 2.33. The third kappa shape index (κ3) is 4.42. The van der Waals surface area contributed by atoms with Gasteiger partial charge in [0.1, 0.15) is 0 Å². The molecule has 172 valence electrons. The molecule has 0 saturated carbocycles. The van der Waals surface area contributed by atoms with Gasteiger partial charge in [-0.2, -0.15) is 13.2 Å². The van der Waals surface area contributed by atoms with Crippen molar-refractivity contribution in [3.8, 4) is 0 Å². The molecule has 4 nitrogen and oxygen atoms in total. The number of hydrogen-bond acceptors (Lipinski definition) is 3. The van der Waals surface area contributed by atoms with Gasteiger partial charge >= 0.3 is 6.18 Å². The first-order valence-electron chi connectivity index (χ1n) is 11.3. The van der Waals surface area contributed by atoms with Gasteiger partial charge < -0.3 is 9.88 Å². The number of aromatic nitrogens is 1. The van der Waals surface area contributed by atoms with Crippen LogP contribution in [0.3, 0.4) is 0 Å². The molecule has 0 bridgehead atoms. The van der Waals surface area contributed by atoms with E-state index in [4.69, 9.17) is 0 Å². The van der Waals surface area contributed by atoms with Gasteiger partial charge in [-0.3, -0.25) is 9.69 Å². The number of alkyl halides is 3. The van der Waals surface area contributed by atoms with Crippen LogP contribution in [0.4, 0.5) is 18.9 Å². The van der Waals surface area contributed by atoms with Crippen LogP contribution in [0.1, 0.15) is 35.1 Å². The predicted molar refractivity (Wildman–Crippen MR) is 125 cm³/mol. The van der Waals surface area contributed by atoms with E-state index in [2.05, 4.69) is 40.6 Å². The Hall–Kier alpha value is -3.06. The van der Waals surface area contributed by atoms with Crippen molar-refractivity contribution in [2.24, 2.45) is 7.05 Å². The van der Waals surface area contributed by atoms with Crippen LogP contribution in [0.2, 0.25) is 0 Å². The number of benzene rings is 2. The number of nitrogens with zero attached hydrogens (tertiary/aromatic N) is 2. The third-order valence-corrected chi connectivity index (χ3v) is 6.77. The van der Waals surface area contributed by atoms with Crippen LogP contribution in [0, 0.1) is 0 Å². The molecule has 2 aliphatic rings. The lowest BCUT2D eigenvalue weighted by atomic mass is 10.0. The van der Waals surface area contributed by atoms with Gasteiger partial charge in [-0.25, -0.2) is 0 Å². The van der Waals surface area contributed by atoms with E-state index >= 15 is 0 Å². The van der Waals surface area contributed by atoms with Crippen LogP contribution in [0.15, 0.2) is 53.3 Å². The number of likely N-dealkylation sites (tertiary alicyclic amines) is 1. The van der Waals surface area contributed by atoms with Crippen molar-refractivity contribution in [3.05, 3.63) is 81.1 Å². The molecule has 1 aromatic heterocycles. The quantitative estimate of drug-likeness (QED) is 0.590. The van der Waals surface area contributed by atoms with E-state index < -0.39 is 11.7 Å². The number of pyridine rings is 1. The number of hydrogen-bond donors (Lipinski definition) is 1. The van der Waals surface area contributed by atoms with E-state index in [1.165, 1.54) is 33.4 Å². The second-order valence-electron chi connectivity index (χ2n) is 9.02. The highest BCUT2D eigenvalue weighted by molar-refractivity contribution is 5.92. The maximum Gasteiger partial charge on any atom is 0.416 e. The van der Waals surface area contributed by atoms with Gasteiger partial charge in [0.2, 0.25) is 0 Å². The number of fused-ring (bicyclic) bond motifs is 2. The lowest BCUT2D eigenvalue weighted by Crippen LogP contribution is -2.39. The average molecular weight is 454 g/mol. The van der Waals surface area contributed by atoms with Crippen LogP contribution in [0.25, 0.3) is 17.0 Å². The van der Waals surface area contributed by atoms with Crippen LogP contribution in [0.5, 0.6) is 0 Å². The molecular weight excluding hydrogens is 427 g/mol. The van der Waals surface area contributed by atoms with Gasteiger partial charge in [-0.15, -0.1) is 0 Å². The van der Waals surface area contributed by atoms with Crippen molar-refractivity contribution in [1.29, 1.82) is 0 Å². The summed E-state index contributed by atoms with van der Waals surface area (Å²) in [6, 6.07) is 11.7. The van der Waals surface area contributed by atoms with Gasteiger partial charge in [-0.1, -0.05) is 30.4 Å². The zero-order chi connectivity index (χ0) is 23.2. The molecule has 1 aliphatic carbocycles. The summed E-state index contributed by atoms with van der Waals surface area (Å²) in [7, 11) is 1.58. The Labute approximate surface area is 190 Å². The Morgan fingerprint density at radius 3 is 2.61 bits per heavy atom. The number of anilines is 1. The average Bonchev–Trinajstić information content (AvgIpc) is 3.25. The molecule has 0 spiro atoms. The largest absolute Gasteiger partial charge is 0.416 e. The summed E-state index contributed by atoms with van der Waals surface area (Å²) in [5, 5.41) is 3.79. The maximum absolute atomic E-state index is 13.3. The highest BCUT2D eigenvalue weighted by Gasteiger charge is 2.31. The SMILES string of the molecule is Cn1c(=O)cc(NC2CCN(Cc3ccc4c(c3)C=CC4)CC2)c2cc(C(F)(F)F)ccc21. The fourth-order valence-corrected chi connectivity index (χ4v) is 4.87. The van der Waals surface area contributed by atoms with Gasteiger partial charge in [0, 0.05) is 49.9 Å². The summed E-state index contributed by atoms with van der Waals surface area (Å²) in [5.74, 6) is 0. The van der Waals surface area contributed by atoms with Gasteiger partial charge in [-0.05, 0) is 54.2 Å². The normalized spacial score (nSPS) is 17.0. The molecule has 1 fully saturated rings. The molecule has 7 heteroatoms. The minimum absolute atomic E-state index is 0.106. The molecule has 1 aliphatic heterocycles. The molecule has 2 heterocycles. The lowest BCUT2D eigenvalue weighted by Gasteiger charge is -2.33. The second-order valence-corrected chi connectivity index (χ2v) is 9.02. The summed E-state index contributed by atoms with van der Waals surface area (Å²) >= 11 is 0. The second kappa shape index (κ2) is 8.37. The van der Waals surface area contributed by atoms with Crippen LogP contribution in [-0.4, -0.2) is 28.6 Å². The van der Waals surface area contributed by atoms with Crippen molar-refractivity contribution in [3.63, 3.8) is 0 Å². The molecule has 0 amide bonds. The summed E-state index contributed by atoms with van der Waals surface area (Å²) in [6.45, 7) is 2.67. The number of piperidine rings is 1. The van der Waals surface area contributed by atoms with E-state index in [-0.39, 0.29) is 11.6 Å². The van der Waals surface area contributed by atoms with Gasteiger partial charge in [0.05, 0.1) is 11.1 Å². The first-order chi connectivity index (χ1) is 15.8. The predicted octanol–water partition coefficient (Wildman–Crippen LogP) is 5.20. The number of rotatable bonds is 4. The lowest BCUT2D eigenvalue weighted by molar-refractivity contribution is -0.137. The van der Waals surface area contributed by atoms with Crippen LogP contribution >= 0.6 is 0 Å². The Kier molecular flexibility index (Phi) is 5.52. The first-order valence-corrected chi connectivity index (χ1v) is 11.3. The smallest absolute Gasteiger partial charge is 0.382 e. The monoisotopic (exact) mass is 453 g/mol. The number of aryl methyl sites for hydroxylation is 1. The number of allylic oxidation sites excluding steroid dienone is 1. The summed E-state index contributed by atoms with van der Waals surface area (Å²) in [4.78, 5) is 14.8. The Morgan fingerprint density at radius 1 is 1.06 bits per heavy atom. The molecular formula is C26H26F3N3O. The van der Waals surface area contributed by atoms with Crippen molar-refractivity contribution < 1.29 is 13.2 Å². The van der Waals surface area contributed by atoms with Gasteiger partial charge in [0.25, 0.3) is 5.56 Å². The van der Waals surface area contributed by atoms with Gasteiger partial charge in [0.15, 0.2) is 0 Å². The maximum atomic E-state index is 13.3. The molecule has 3 aromatic rings. The molecule has 1 saturated heterocycles. The molecule has 33 heavy (non-hydrogen) atoms. The van der Waals surface area contributed by atoms with E-state index in [1.54, 1.807) is 7.05 Å². The molecule has 5 rings (SSSR count). The fourth-order valence-electron chi connectivity index (χ4n) is 4.87. The van der Waals surface area contributed by atoms with E-state index in [1.807, 2.05) is 0 Å². The van der Waals surface area contributed by atoms with Crippen molar-refractivity contribution >= 4 is 22.7 Å². The molecule has 0 unspecified atom stereocenters. The first kappa shape index (κ1) is 21.8. The molecule has 1 N–H and O–H groups in total. The standard InChI is InChI=1S/C26H26F3N3O/c1-31-24-8-7-20(26(27,28)29)14-22(24)23(15-25(31)33)30-21-9-11-32(12-10-21)16-17-5-6-18-3-2-4-19(18)13-17/h2,4-8,13-15,21,30H,3,9-12,16H2,1H3. The van der Waals surface area contributed by atoms with Crippen molar-refractivity contribution in [1.82, 2.24) is 9.47 Å². The Bertz CT molecular complexity index is 1280. The van der Waals surface area contributed by atoms with Crippen LogP contribution in [-0.2, 0) is 26.2 Å². The number of halogens is 3. The third-order valence-electron chi connectivity index (χ3n) is 6.77. The minimum atomic E-state index is -4.43. The highest BCUT2D eigenvalue weighted by atomic mass is 19.4. The van der Waals surface area contributed by atoms with E-state index in [9.17, 15) is 18.0 Å². The minimum Gasteiger partial charge on any atom is -0.382 e. The summed E-state index contributed by atoms with van der Waals surface area (Å²) < 4.78 is 41.2. The Balaban J connectivity index is 1.30. The fraction of sp³-hybridized carbons (Fsp3) is 0.346. The Morgan fingerprint density at radius 2 is 1.85 bits per heavy atom. The summed E-state index contributed by atoms with van der Waals surface area (Å²) in [5.41, 5.74) is 3.98. The molecule has 2 aromatic carbocycles. The summed E-state index contributed by atoms with van der Waals surface area (Å²) in [6.07, 6.45) is 2.66. The van der Waals surface area contributed by atoms with Crippen molar-refractivity contribution in [2.45, 2.75) is 38.0 Å². The van der Waals surface area contributed by atoms with E-state index in [0.717, 1.165) is 51.0 Å². The van der Waals surface area contributed by atoms with Crippen LogP contribution < -0.4 is 10.9 Å².